The van der Waals surface area contributed by atoms with Crippen LogP contribution in [0.4, 0.5) is 0 Å². The number of carbonyl (C=O) groups is 2. The van der Waals surface area contributed by atoms with Crippen LogP contribution in [-0.2, 0) is 27.3 Å². The maximum absolute atomic E-state index is 11.8. The molecule has 1 N–H and O–H groups in total. The van der Waals surface area contributed by atoms with Crippen LogP contribution in [0.2, 0.25) is 5.02 Å². The van der Waals surface area contributed by atoms with Crippen molar-refractivity contribution in [1.29, 1.82) is 0 Å². The minimum Gasteiger partial charge on any atom is -0.496 e. The summed E-state index contributed by atoms with van der Waals surface area (Å²) in [6, 6.07) is 14.4. The maximum atomic E-state index is 11.8. The van der Waals surface area contributed by atoms with Gasteiger partial charge >= 0.3 is 5.97 Å². The highest BCUT2D eigenvalue weighted by Gasteiger charge is 2.11. The highest BCUT2D eigenvalue weighted by Crippen LogP contribution is 2.17. The molecule has 2 aromatic rings. The Balaban J connectivity index is 1.77. The number of methoxy groups -OCH3 is 1. The van der Waals surface area contributed by atoms with E-state index in [2.05, 4.69) is 5.32 Å². The Morgan fingerprint density at radius 1 is 1.04 bits per heavy atom. The van der Waals surface area contributed by atoms with E-state index < -0.39 is 5.97 Å². The number of nitrogens with one attached hydrogen (secondary N) is 1. The van der Waals surface area contributed by atoms with E-state index in [-0.39, 0.29) is 18.9 Å². The van der Waals surface area contributed by atoms with Gasteiger partial charge in [0.05, 0.1) is 13.5 Å². The van der Waals surface area contributed by atoms with Crippen LogP contribution in [0.15, 0.2) is 48.5 Å². The quantitative estimate of drug-likeness (QED) is 0.782. The Bertz CT molecular complexity index is 718. The van der Waals surface area contributed by atoms with Crippen LogP contribution in [0.5, 0.6) is 5.75 Å². The van der Waals surface area contributed by atoms with Crippen molar-refractivity contribution in [2.45, 2.75) is 13.0 Å². The van der Waals surface area contributed by atoms with Gasteiger partial charge in [-0.25, -0.2) is 0 Å². The van der Waals surface area contributed by atoms with Crippen molar-refractivity contribution in [3.8, 4) is 5.75 Å². The fraction of sp³-hybridized carbons (Fsp3) is 0.222. The predicted octanol–water partition coefficient (Wildman–Crippen LogP) is 2.75. The van der Waals surface area contributed by atoms with E-state index in [0.717, 1.165) is 5.56 Å². The lowest BCUT2D eigenvalue weighted by molar-refractivity contribution is -0.147. The molecule has 1 amide bonds. The lowest BCUT2D eigenvalue weighted by Gasteiger charge is -2.10. The molecular formula is C18H18ClNO4. The Labute approximate surface area is 145 Å². The number of hydrogen-bond donors (Lipinski definition) is 1. The van der Waals surface area contributed by atoms with Gasteiger partial charge in [0.1, 0.15) is 5.75 Å². The van der Waals surface area contributed by atoms with Gasteiger partial charge in [0, 0.05) is 17.1 Å². The number of esters is 1. The molecule has 0 aliphatic rings. The summed E-state index contributed by atoms with van der Waals surface area (Å²) in [6.07, 6.45) is 0.0272. The summed E-state index contributed by atoms with van der Waals surface area (Å²) >= 11 is 5.98. The second kappa shape index (κ2) is 8.93. The lowest BCUT2D eigenvalue weighted by Crippen LogP contribution is -2.28. The topological polar surface area (TPSA) is 64.6 Å². The second-order valence-electron chi connectivity index (χ2n) is 5.02. The number of halogens is 1. The first-order valence-electron chi connectivity index (χ1n) is 7.37. The van der Waals surface area contributed by atoms with Crippen molar-refractivity contribution in [2.75, 3.05) is 13.7 Å². The number of rotatable bonds is 7. The zero-order valence-corrected chi connectivity index (χ0v) is 14.0. The van der Waals surface area contributed by atoms with Crippen molar-refractivity contribution in [3.05, 3.63) is 64.7 Å². The molecule has 0 bridgehead atoms. The number of ether oxygens (including phenoxy) is 2. The van der Waals surface area contributed by atoms with Gasteiger partial charge in [-0.05, 0) is 17.7 Å². The van der Waals surface area contributed by atoms with E-state index in [1.54, 1.807) is 31.4 Å². The third-order valence-electron chi connectivity index (χ3n) is 3.33. The van der Waals surface area contributed by atoms with E-state index >= 15 is 0 Å². The van der Waals surface area contributed by atoms with Crippen molar-refractivity contribution >= 4 is 23.5 Å². The van der Waals surface area contributed by atoms with Gasteiger partial charge in [-0.3, -0.25) is 9.59 Å². The first kappa shape index (κ1) is 17.8. The number of carbonyl (C=O) groups excluding carboxylic acids is 2. The van der Waals surface area contributed by atoms with Crippen LogP contribution in [-0.4, -0.2) is 25.6 Å². The van der Waals surface area contributed by atoms with E-state index in [0.29, 0.717) is 22.9 Å². The Morgan fingerprint density at radius 2 is 1.71 bits per heavy atom. The van der Waals surface area contributed by atoms with Gasteiger partial charge in [-0.1, -0.05) is 48.0 Å². The number of amides is 1. The molecule has 126 valence electrons. The number of para-hydroxylation sites is 1. The van der Waals surface area contributed by atoms with Crippen LogP contribution in [0, 0.1) is 0 Å². The fourth-order valence-electron chi connectivity index (χ4n) is 2.09. The molecule has 2 rings (SSSR count). The van der Waals surface area contributed by atoms with Gasteiger partial charge in [0.15, 0.2) is 6.61 Å². The normalized spacial score (nSPS) is 10.1. The van der Waals surface area contributed by atoms with Gasteiger partial charge in [-0.15, -0.1) is 0 Å². The molecule has 0 aliphatic heterocycles. The molecule has 0 aliphatic carbocycles. The Hall–Kier alpha value is -2.53. The Morgan fingerprint density at radius 3 is 2.42 bits per heavy atom. The zero-order valence-electron chi connectivity index (χ0n) is 13.3. The average molecular weight is 348 g/mol. The van der Waals surface area contributed by atoms with Crippen LogP contribution in [0.1, 0.15) is 11.1 Å². The molecule has 0 aromatic heterocycles. The molecule has 24 heavy (non-hydrogen) atoms. The third kappa shape index (κ3) is 5.28. The summed E-state index contributed by atoms with van der Waals surface area (Å²) in [5.41, 5.74) is 1.51. The first-order valence-corrected chi connectivity index (χ1v) is 7.75. The number of benzene rings is 2. The predicted molar refractivity (Wildman–Crippen MR) is 91.0 cm³/mol. The van der Waals surface area contributed by atoms with Crippen molar-refractivity contribution in [2.24, 2.45) is 0 Å². The van der Waals surface area contributed by atoms with E-state index in [9.17, 15) is 9.59 Å². The van der Waals surface area contributed by atoms with Crippen LogP contribution >= 0.6 is 11.6 Å². The molecule has 2 aromatic carbocycles. The molecule has 0 spiro atoms. The average Bonchev–Trinajstić information content (AvgIpc) is 2.60. The second-order valence-corrected chi connectivity index (χ2v) is 5.42. The molecule has 0 saturated heterocycles. The first-order chi connectivity index (χ1) is 11.6. The summed E-state index contributed by atoms with van der Waals surface area (Å²) in [5.74, 6) is -0.197. The largest absolute Gasteiger partial charge is 0.496 e. The van der Waals surface area contributed by atoms with Gasteiger partial charge in [0.2, 0.25) is 0 Å². The highest BCUT2D eigenvalue weighted by atomic mass is 35.5. The van der Waals surface area contributed by atoms with Gasteiger partial charge in [-0.2, -0.15) is 0 Å². The van der Waals surface area contributed by atoms with Gasteiger partial charge < -0.3 is 14.8 Å². The smallest absolute Gasteiger partial charge is 0.310 e. The number of hydrogen-bond acceptors (Lipinski definition) is 4. The summed E-state index contributed by atoms with van der Waals surface area (Å²) in [4.78, 5) is 23.5. The summed E-state index contributed by atoms with van der Waals surface area (Å²) in [6.45, 7) is -0.0383. The molecule has 0 atom stereocenters. The summed E-state index contributed by atoms with van der Waals surface area (Å²) in [5, 5.41) is 3.18. The summed E-state index contributed by atoms with van der Waals surface area (Å²) in [7, 11) is 1.57. The molecule has 0 radical (unpaired) electrons. The molecular weight excluding hydrogens is 330 g/mol. The molecule has 0 heterocycles. The Kier molecular flexibility index (Phi) is 6.63. The zero-order chi connectivity index (χ0) is 17.4. The molecule has 0 fully saturated rings. The molecule has 0 saturated carbocycles. The van der Waals surface area contributed by atoms with Crippen LogP contribution in [0.25, 0.3) is 0 Å². The standard InChI is InChI=1S/C18H18ClNO4/c1-23-16-9-5-3-7-14(16)11-20-17(21)12-24-18(22)10-13-6-2-4-8-15(13)19/h2-9H,10-12H2,1H3,(H,20,21). The minimum atomic E-state index is -0.504. The van der Waals surface area contributed by atoms with Gasteiger partial charge in [0.25, 0.3) is 5.91 Å². The highest BCUT2D eigenvalue weighted by molar-refractivity contribution is 6.31. The van der Waals surface area contributed by atoms with E-state index in [1.807, 2.05) is 24.3 Å². The van der Waals surface area contributed by atoms with E-state index in [1.165, 1.54) is 0 Å². The minimum absolute atomic E-state index is 0.0272. The van der Waals surface area contributed by atoms with Crippen LogP contribution in [0.3, 0.4) is 0 Å². The van der Waals surface area contributed by atoms with Crippen molar-refractivity contribution < 1.29 is 19.1 Å². The lowest BCUT2D eigenvalue weighted by atomic mass is 10.1. The third-order valence-corrected chi connectivity index (χ3v) is 3.69. The molecule has 5 nitrogen and oxygen atoms in total. The maximum Gasteiger partial charge on any atom is 0.310 e. The van der Waals surface area contributed by atoms with Crippen LogP contribution < -0.4 is 10.1 Å². The van der Waals surface area contributed by atoms with E-state index in [4.69, 9.17) is 21.1 Å². The summed E-state index contributed by atoms with van der Waals surface area (Å²) < 4.78 is 10.2. The SMILES string of the molecule is COc1ccccc1CNC(=O)COC(=O)Cc1ccccc1Cl. The van der Waals surface area contributed by atoms with Crippen molar-refractivity contribution in [3.63, 3.8) is 0 Å². The monoisotopic (exact) mass is 347 g/mol. The molecule has 6 heteroatoms. The fourth-order valence-corrected chi connectivity index (χ4v) is 2.29. The molecule has 0 unspecified atom stereocenters. The van der Waals surface area contributed by atoms with Crippen molar-refractivity contribution in [1.82, 2.24) is 5.32 Å².